The van der Waals surface area contributed by atoms with Gasteiger partial charge in [-0.25, -0.2) is 4.40 Å². The molecule has 1 aliphatic heterocycles. The summed E-state index contributed by atoms with van der Waals surface area (Å²) in [7, 11) is 0. The van der Waals surface area contributed by atoms with Crippen molar-refractivity contribution in [3.8, 4) is 6.01 Å². The fraction of sp³-hybridized carbons (Fsp3) is 0.310. The fourth-order valence-corrected chi connectivity index (χ4v) is 6.72. The Morgan fingerprint density at radius 2 is 1.82 bits per heavy atom. The molecular formula is C29H29N5O3S2. The molecule has 39 heavy (non-hydrogen) atoms. The highest BCUT2D eigenvalue weighted by molar-refractivity contribution is 7.99. The Labute approximate surface area is 234 Å². The van der Waals surface area contributed by atoms with Gasteiger partial charge < -0.3 is 14.8 Å². The van der Waals surface area contributed by atoms with Gasteiger partial charge in [-0.15, -0.1) is 21.5 Å². The predicted octanol–water partition coefficient (Wildman–Crippen LogP) is 5.59. The number of hydrogen-bond donors (Lipinski definition) is 1. The van der Waals surface area contributed by atoms with E-state index in [1.54, 1.807) is 11.3 Å². The highest BCUT2D eigenvalue weighted by atomic mass is 32.2. The number of nitrogens with zero attached hydrogens (tertiary/aromatic N) is 4. The molecule has 8 nitrogen and oxygen atoms in total. The van der Waals surface area contributed by atoms with Crippen molar-refractivity contribution in [1.82, 2.24) is 24.9 Å². The Morgan fingerprint density at radius 3 is 2.49 bits per heavy atom. The molecule has 200 valence electrons. The number of carbonyl (C=O) groups is 1. The van der Waals surface area contributed by atoms with Crippen LogP contribution in [0.3, 0.4) is 0 Å². The monoisotopic (exact) mass is 559 g/mol. The highest BCUT2D eigenvalue weighted by Gasteiger charge is 2.32. The molecule has 0 fully saturated rings. The molecule has 5 aromatic rings. The molecule has 0 radical (unpaired) electrons. The summed E-state index contributed by atoms with van der Waals surface area (Å²) in [5.74, 6) is 0.0664. The maximum absolute atomic E-state index is 13.2. The Morgan fingerprint density at radius 1 is 1.13 bits per heavy atom. The van der Waals surface area contributed by atoms with Crippen LogP contribution in [-0.2, 0) is 22.6 Å². The molecule has 3 aromatic heterocycles. The van der Waals surface area contributed by atoms with Crippen LogP contribution in [0.1, 0.15) is 48.4 Å². The Kier molecular flexibility index (Phi) is 7.01. The lowest BCUT2D eigenvalue weighted by molar-refractivity contribution is -0.119. The number of hydrogen-bond acceptors (Lipinski definition) is 8. The molecule has 0 saturated carbocycles. The average Bonchev–Trinajstić information content (AvgIpc) is 3.52. The van der Waals surface area contributed by atoms with Gasteiger partial charge >= 0.3 is 6.01 Å². The summed E-state index contributed by atoms with van der Waals surface area (Å²) in [5, 5.41) is 13.8. The number of thiophene rings is 1. The van der Waals surface area contributed by atoms with Crippen LogP contribution in [0.15, 0.2) is 65.8 Å². The van der Waals surface area contributed by atoms with Crippen LogP contribution in [0.25, 0.3) is 15.9 Å². The van der Waals surface area contributed by atoms with E-state index in [0.29, 0.717) is 30.0 Å². The van der Waals surface area contributed by atoms with Gasteiger partial charge in [0, 0.05) is 11.3 Å². The third kappa shape index (κ3) is 5.11. The minimum absolute atomic E-state index is 0.103. The summed E-state index contributed by atoms with van der Waals surface area (Å²) in [6.45, 7) is 7.12. The molecule has 4 heterocycles. The highest BCUT2D eigenvalue weighted by Crippen LogP contribution is 2.41. The van der Waals surface area contributed by atoms with Gasteiger partial charge in [0.15, 0.2) is 10.8 Å². The van der Waals surface area contributed by atoms with E-state index < -0.39 is 0 Å². The summed E-state index contributed by atoms with van der Waals surface area (Å²) in [5.41, 5.74) is 3.69. The minimum atomic E-state index is -0.264. The Hall–Kier alpha value is -3.47. The summed E-state index contributed by atoms with van der Waals surface area (Å²) in [6, 6.07) is 20.1. The first-order valence-corrected chi connectivity index (χ1v) is 14.7. The largest absolute Gasteiger partial charge is 0.465 e. The second-order valence-corrected chi connectivity index (χ2v) is 12.0. The number of aromatic nitrogens is 4. The molecule has 0 bridgehead atoms. The number of ether oxygens (including phenoxy) is 2. The van der Waals surface area contributed by atoms with Crippen LogP contribution < -0.4 is 10.1 Å². The molecule has 6 rings (SSSR count). The number of fused-ring (bicyclic) bond motifs is 5. The second-order valence-electron chi connectivity index (χ2n) is 9.99. The van der Waals surface area contributed by atoms with Crippen LogP contribution in [-0.4, -0.2) is 43.5 Å². The van der Waals surface area contributed by atoms with Crippen LogP contribution >= 0.6 is 23.1 Å². The fourth-order valence-electron chi connectivity index (χ4n) is 4.89. The number of nitrogens with one attached hydrogen (secondary N) is 1. The molecule has 0 saturated heterocycles. The maximum atomic E-state index is 13.2. The molecule has 0 aliphatic carbocycles. The van der Waals surface area contributed by atoms with E-state index in [1.165, 1.54) is 17.3 Å². The lowest BCUT2D eigenvalue weighted by Gasteiger charge is -2.30. The summed E-state index contributed by atoms with van der Waals surface area (Å²) >= 11 is 2.94. The van der Waals surface area contributed by atoms with E-state index in [4.69, 9.17) is 14.5 Å². The average molecular weight is 560 g/mol. The molecule has 0 spiro atoms. The van der Waals surface area contributed by atoms with Crippen molar-refractivity contribution in [1.29, 1.82) is 0 Å². The van der Waals surface area contributed by atoms with Crippen LogP contribution in [0, 0.1) is 0 Å². The smallest absolute Gasteiger partial charge is 0.305 e. The maximum Gasteiger partial charge on any atom is 0.305 e. The van der Waals surface area contributed by atoms with E-state index in [9.17, 15) is 4.79 Å². The first kappa shape index (κ1) is 25.8. The predicted molar refractivity (Wildman–Crippen MR) is 153 cm³/mol. The first-order valence-electron chi connectivity index (χ1n) is 12.9. The third-order valence-corrected chi connectivity index (χ3v) is 8.72. The molecular weight excluding hydrogens is 530 g/mol. The van der Waals surface area contributed by atoms with Crippen LogP contribution in [0.2, 0.25) is 0 Å². The minimum Gasteiger partial charge on any atom is -0.465 e. The van der Waals surface area contributed by atoms with Crippen LogP contribution in [0.5, 0.6) is 6.01 Å². The third-order valence-electron chi connectivity index (χ3n) is 6.69. The van der Waals surface area contributed by atoms with E-state index in [-0.39, 0.29) is 23.3 Å². The quantitative estimate of drug-likeness (QED) is 0.248. The van der Waals surface area contributed by atoms with E-state index in [0.717, 1.165) is 32.6 Å². The van der Waals surface area contributed by atoms with Gasteiger partial charge in [-0.3, -0.25) is 4.79 Å². The number of amides is 1. The van der Waals surface area contributed by atoms with Gasteiger partial charge in [-0.1, -0.05) is 72.4 Å². The van der Waals surface area contributed by atoms with Crippen molar-refractivity contribution in [2.24, 2.45) is 0 Å². The summed E-state index contributed by atoms with van der Waals surface area (Å²) in [4.78, 5) is 20.1. The summed E-state index contributed by atoms with van der Waals surface area (Å²) in [6.07, 6.45) is 0.770. The lowest BCUT2D eigenvalue weighted by Crippen LogP contribution is -2.31. The van der Waals surface area contributed by atoms with Crippen molar-refractivity contribution in [3.63, 3.8) is 0 Å². The molecule has 10 heteroatoms. The standard InChI is InChI=1S/C29H29N5O3S2/c1-4-36-27-31-26-23(20-15-29(2,3)37-16-21(20)39-26)25-32-33-28(34(25)27)38-17-22(35)30-24(18-11-7-5-8-12-18)19-13-9-6-10-14-19/h5-14,24H,4,15-17H2,1-3H3,(H,30,35). The number of benzene rings is 2. The normalized spacial score (nSPS) is 14.6. The molecule has 1 N–H and O–H groups in total. The van der Waals surface area contributed by atoms with E-state index >= 15 is 0 Å². The van der Waals surface area contributed by atoms with Crippen LogP contribution in [0.4, 0.5) is 0 Å². The molecule has 0 atom stereocenters. The van der Waals surface area contributed by atoms with Crippen molar-refractivity contribution >= 4 is 44.9 Å². The molecule has 2 aromatic carbocycles. The van der Waals surface area contributed by atoms with Gasteiger partial charge in [0.2, 0.25) is 5.91 Å². The van der Waals surface area contributed by atoms with Gasteiger partial charge in [0.25, 0.3) is 0 Å². The number of carbonyl (C=O) groups excluding carboxylic acids is 1. The van der Waals surface area contributed by atoms with Gasteiger partial charge in [-0.2, -0.15) is 4.98 Å². The number of rotatable bonds is 8. The molecule has 0 unspecified atom stereocenters. The van der Waals surface area contributed by atoms with Gasteiger partial charge in [0.1, 0.15) is 4.83 Å². The van der Waals surface area contributed by atoms with E-state index in [2.05, 4.69) is 29.4 Å². The SMILES string of the molecule is CCOc1nc2sc3c(c2c2nnc(SCC(=O)NC(c4ccccc4)c4ccccc4)n12)CC(C)(C)OC3. The molecule has 1 aliphatic rings. The van der Waals surface area contributed by atoms with Crippen molar-refractivity contribution in [2.75, 3.05) is 12.4 Å². The topological polar surface area (TPSA) is 90.6 Å². The Balaban J connectivity index is 1.30. The summed E-state index contributed by atoms with van der Waals surface area (Å²) < 4.78 is 13.8. The zero-order valence-corrected chi connectivity index (χ0v) is 23.6. The molecule has 1 amide bonds. The zero-order chi connectivity index (χ0) is 27.0. The van der Waals surface area contributed by atoms with Crippen molar-refractivity contribution in [2.45, 2.75) is 50.6 Å². The van der Waals surface area contributed by atoms with Gasteiger partial charge in [0.05, 0.1) is 36.0 Å². The van der Waals surface area contributed by atoms with Gasteiger partial charge in [-0.05, 0) is 37.5 Å². The second kappa shape index (κ2) is 10.6. The zero-order valence-electron chi connectivity index (χ0n) is 22.0. The number of thioether (sulfide) groups is 1. The van der Waals surface area contributed by atoms with Crippen molar-refractivity contribution in [3.05, 3.63) is 82.2 Å². The lowest BCUT2D eigenvalue weighted by atomic mass is 9.94. The van der Waals surface area contributed by atoms with Crippen molar-refractivity contribution < 1.29 is 14.3 Å². The Bertz CT molecular complexity index is 1590. The first-order chi connectivity index (χ1) is 18.9. The van der Waals surface area contributed by atoms with E-state index in [1.807, 2.05) is 72.0 Å².